The van der Waals surface area contributed by atoms with Crippen molar-refractivity contribution >= 4 is 41.6 Å². The SMILES string of the molecule is COc1ccc(Nc2nc(Nc3cccc(OC)c3)nc(N3CCCC3)n2)cc1.Cl. The first-order valence-corrected chi connectivity index (χ1v) is 9.57. The van der Waals surface area contributed by atoms with Gasteiger partial charge in [0, 0.05) is 30.5 Å². The molecule has 2 aromatic carbocycles. The Hall–Kier alpha value is -3.26. The van der Waals surface area contributed by atoms with E-state index in [-0.39, 0.29) is 12.4 Å². The van der Waals surface area contributed by atoms with E-state index in [0.29, 0.717) is 17.8 Å². The molecule has 9 heteroatoms. The number of ether oxygens (including phenoxy) is 2. The number of anilines is 5. The third kappa shape index (κ3) is 5.21. The summed E-state index contributed by atoms with van der Waals surface area (Å²) in [7, 11) is 3.29. The van der Waals surface area contributed by atoms with Crippen molar-refractivity contribution in [2.24, 2.45) is 0 Å². The summed E-state index contributed by atoms with van der Waals surface area (Å²) in [5.74, 6) is 3.19. The van der Waals surface area contributed by atoms with Crippen LogP contribution in [0.1, 0.15) is 12.8 Å². The number of benzene rings is 2. The highest BCUT2D eigenvalue weighted by molar-refractivity contribution is 5.85. The van der Waals surface area contributed by atoms with E-state index in [1.807, 2.05) is 48.5 Å². The van der Waals surface area contributed by atoms with Gasteiger partial charge in [-0.15, -0.1) is 12.4 Å². The largest absolute Gasteiger partial charge is 0.497 e. The first-order valence-electron chi connectivity index (χ1n) is 9.57. The third-order valence-corrected chi connectivity index (χ3v) is 4.68. The number of aromatic nitrogens is 3. The molecule has 3 aromatic rings. The summed E-state index contributed by atoms with van der Waals surface area (Å²) in [5, 5.41) is 6.52. The monoisotopic (exact) mass is 428 g/mol. The molecular formula is C21H25ClN6O2. The maximum absolute atomic E-state index is 5.30. The van der Waals surface area contributed by atoms with Gasteiger partial charge in [-0.2, -0.15) is 15.0 Å². The van der Waals surface area contributed by atoms with Gasteiger partial charge < -0.3 is 25.0 Å². The number of rotatable bonds is 7. The molecule has 0 atom stereocenters. The van der Waals surface area contributed by atoms with E-state index in [4.69, 9.17) is 9.47 Å². The molecule has 1 aliphatic heterocycles. The summed E-state index contributed by atoms with van der Waals surface area (Å²) in [6, 6.07) is 15.3. The van der Waals surface area contributed by atoms with Crippen molar-refractivity contribution < 1.29 is 9.47 Å². The Morgan fingerprint density at radius 3 is 2.03 bits per heavy atom. The Kier molecular flexibility index (Phi) is 7.13. The second-order valence-corrected chi connectivity index (χ2v) is 6.69. The molecule has 30 heavy (non-hydrogen) atoms. The van der Waals surface area contributed by atoms with Crippen molar-refractivity contribution in [1.82, 2.24) is 15.0 Å². The lowest BCUT2D eigenvalue weighted by Gasteiger charge is -2.17. The molecule has 0 spiro atoms. The van der Waals surface area contributed by atoms with Crippen LogP contribution in [0.3, 0.4) is 0 Å². The van der Waals surface area contributed by atoms with Gasteiger partial charge >= 0.3 is 0 Å². The fraction of sp³-hybridized carbons (Fsp3) is 0.286. The van der Waals surface area contributed by atoms with E-state index < -0.39 is 0 Å². The van der Waals surface area contributed by atoms with Gasteiger partial charge in [0.2, 0.25) is 17.8 Å². The Labute approximate surface area is 182 Å². The summed E-state index contributed by atoms with van der Waals surface area (Å²) >= 11 is 0. The number of nitrogens with zero attached hydrogens (tertiary/aromatic N) is 4. The molecule has 0 radical (unpaired) electrons. The first-order chi connectivity index (χ1) is 14.2. The van der Waals surface area contributed by atoms with E-state index >= 15 is 0 Å². The van der Waals surface area contributed by atoms with E-state index in [1.165, 1.54) is 0 Å². The van der Waals surface area contributed by atoms with Crippen LogP contribution in [0.2, 0.25) is 0 Å². The molecule has 0 amide bonds. The van der Waals surface area contributed by atoms with Crippen LogP contribution in [0.5, 0.6) is 11.5 Å². The summed E-state index contributed by atoms with van der Waals surface area (Å²) in [4.78, 5) is 16.0. The Balaban J connectivity index is 0.00000256. The molecule has 0 unspecified atom stereocenters. The van der Waals surface area contributed by atoms with Crippen LogP contribution in [-0.2, 0) is 0 Å². The highest BCUT2D eigenvalue weighted by atomic mass is 35.5. The van der Waals surface area contributed by atoms with E-state index in [0.717, 1.165) is 48.8 Å². The molecule has 1 aliphatic rings. The molecule has 0 aliphatic carbocycles. The highest BCUT2D eigenvalue weighted by Crippen LogP contribution is 2.25. The molecule has 1 saturated heterocycles. The van der Waals surface area contributed by atoms with Crippen LogP contribution in [0.25, 0.3) is 0 Å². The molecule has 8 nitrogen and oxygen atoms in total. The Bertz CT molecular complexity index is 964. The average Bonchev–Trinajstić information content (AvgIpc) is 3.29. The van der Waals surface area contributed by atoms with Crippen molar-refractivity contribution in [3.05, 3.63) is 48.5 Å². The van der Waals surface area contributed by atoms with E-state index in [2.05, 4.69) is 30.5 Å². The number of nitrogens with one attached hydrogen (secondary N) is 2. The van der Waals surface area contributed by atoms with Gasteiger partial charge in [-0.3, -0.25) is 0 Å². The molecule has 0 bridgehead atoms. The van der Waals surface area contributed by atoms with Crippen LogP contribution in [0.15, 0.2) is 48.5 Å². The smallest absolute Gasteiger partial charge is 0.233 e. The number of methoxy groups -OCH3 is 2. The van der Waals surface area contributed by atoms with Gasteiger partial charge in [0.1, 0.15) is 11.5 Å². The molecule has 4 rings (SSSR count). The Morgan fingerprint density at radius 2 is 1.40 bits per heavy atom. The van der Waals surface area contributed by atoms with Crippen LogP contribution < -0.4 is 25.0 Å². The zero-order valence-electron chi connectivity index (χ0n) is 17.0. The minimum atomic E-state index is 0. The minimum absolute atomic E-state index is 0. The van der Waals surface area contributed by atoms with Gasteiger partial charge in [0.25, 0.3) is 0 Å². The van der Waals surface area contributed by atoms with Gasteiger partial charge in [0.05, 0.1) is 14.2 Å². The number of hydrogen-bond acceptors (Lipinski definition) is 8. The summed E-state index contributed by atoms with van der Waals surface area (Å²) < 4.78 is 10.5. The van der Waals surface area contributed by atoms with Gasteiger partial charge in [-0.05, 0) is 49.2 Å². The minimum Gasteiger partial charge on any atom is -0.497 e. The van der Waals surface area contributed by atoms with Crippen LogP contribution in [-0.4, -0.2) is 42.3 Å². The quantitative estimate of drug-likeness (QED) is 0.572. The van der Waals surface area contributed by atoms with Gasteiger partial charge in [-0.1, -0.05) is 6.07 Å². The molecule has 2 heterocycles. The third-order valence-electron chi connectivity index (χ3n) is 4.68. The van der Waals surface area contributed by atoms with Crippen molar-refractivity contribution in [2.45, 2.75) is 12.8 Å². The number of halogens is 1. The fourth-order valence-electron chi connectivity index (χ4n) is 3.17. The maximum Gasteiger partial charge on any atom is 0.233 e. The fourth-order valence-corrected chi connectivity index (χ4v) is 3.17. The molecule has 158 valence electrons. The molecule has 1 aromatic heterocycles. The zero-order valence-corrected chi connectivity index (χ0v) is 17.8. The maximum atomic E-state index is 5.30. The number of hydrogen-bond donors (Lipinski definition) is 2. The second-order valence-electron chi connectivity index (χ2n) is 6.69. The van der Waals surface area contributed by atoms with E-state index in [1.54, 1.807) is 14.2 Å². The van der Waals surface area contributed by atoms with E-state index in [9.17, 15) is 0 Å². The molecule has 1 fully saturated rings. The highest BCUT2D eigenvalue weighted by Gasteiger charge is 2.18. The predicted octanol–water partition coefficient (Wildman–Crippen LogP) is 4.40. The summed E-state index contributed by atoms with van der Waals surface area (Å²) in [6.45, 7) is 1.90. The van der Waals surface area contributed by atoms with Crippen LogP contribution in [0.4, 0.5) is 29.2 Å². The summed E-state index contributed by atoms with van der Waals surface area (Å²) in [5.41, 5.74) is 1.72. The zero-order chi connectivity index (χ0) is 20.1. The predicted molar refractivity (Wildman–Crippen MR) is 121 cm³/mol. The normalized spacial score (nSPS) is 12.8. The van der Waals surface area contributed by atoms with Crippen molar-refractivity contribution in [1.29, 1.82) is 0 Å². The molecular weight excluding hydrogens is 404 g/mol. The van der Waals surface area contributed by atoms with Gasteiger partial charge in [0.15, 0.2) is 0 Å². The van der Waals surface area contributed by atoms with Crippen molar-refractivity contribution in [3.8, 4) is 11.5 Å². The topological polar surface area (TPSA) is 84.4 Å². The van der Waals surface area contributed by atoms with Crippen LogP contribution >= 0.6 is 12.4 Å². The van der Waals surface area contributed by atoms with Crippen molar-refractivity contribution in [2.75, 3.05) is 42.8 Å². The van der Waals surface area contributed by atoms with Crippen molar-refractivity contribution in [3.63, 3.8) is 0 Å². The second kappa shape index (κ2) is 9.98. The molecule has 2 N–H and O–H groups in total. The lowest BCUT2D eigenvalue weighted by atomic mass is 10.3. The lowest BCUT2D eigenvalue weighted by molar-refractivity contribution is 0.415. The Morgan fingerprint density at radius 1 is 0.767 bits per heavy atom. The lowest BCUT2D eigenvalue weighted by Crippen LogP contribution is -2.21. The first kappa shape index (κ1) is 21.4. The van der Waals surface area contributed by atoms with Crippen LogP contribution in [0, 0.1) is 0 Å². The molecule has 0 saturated carbocycles. The van der Waals surface area contributed by atoms with Gasteiger partial charge in [-0.25, -0.2) is 0 Å². The average molecular weight is 429 g/mol. The standard InChI is InChI=1S/C21H24N6O2.ClH/c1-28-17-10-8-15(9-11-17)22-19-24-20(23-16-6-5-7-18(14-16)29-2)26-21(25-19)27-12-3-4-13-27;/h5-11,14H,3-4,12-13H2,1-2H3,(H2,22,23,24,25,26);1H. The summed E-state index contributed by atoms with van der Waals surface area (Å²) in [6.07, 6.45) is 2.29.